The number of halogens is 3. The lowest BCUT2D eigenvalue weighted by molar-refractivity contribution is -0.147. The first-order valence-electron chi connectivity index (χ1n) is 6.66. The zero-order valence-electron chi connectivity index (χ0n) is 12.1. The minimum absolute atomic E-state index is 0.216. The van der Waals surface area contributed by atoms with Crippen LogP contribution in [-0.4, -0.2) is 36.6 Å². The molecule has 1 amide bonds. The van der Waals surface area contributed by atoms with E-state index in [4.69, 9.17) is 5.73 Å². The molecule has 0 unspecified atom stereocenters. The molecule has 0 aliphatic rings. The number of hydrogen-bond donors (Lipinski definition) is 2. The first-order valence-corrected chi connectivity index (χ1v) is 6.66. The highest BCUT2D eigenvalue weighted by Crippen LogP contribution is 2.19. The van der Waals surface area contributed by atoms with E-state index < -0.39 is 18.6 Å². The quantitative estimate of drug-likeness (QED) is 0.795. The Morgan fingerprint density at radius 2 is 2.05 bits per heavy atom. The third-order valence-corrected chi connectivity index (χ3v) is 2.83. The van der Waals surface area contributed by atoms with Crippen molar-refractivity contribution in [1.82, 2.24) is 4.90 Å². The molecule has 0 aliphatic carbocycles. The van der Waals surface area contributed by atoms with Crippen LogP contribution < -0.4 is 11.1 Å². The molecule has 1 rings (SSSR count). The number of carbonyl (C=O) groups excluding carboxylic acids is 1. The summed E-state index contributed by atoms with van der Waals surface area (Å²) in [4.78, 5) is 13.0. The van der Waals surface area contributed by atoms with E-state index in [2.05, 4.69) is 5.32 Å². The van der Waals surface area contributed by atoms with Gasteiger partial charge in [0.1, 0.15) is 0 Å². The van der Waals surface area contributed by atoms with Gasteiger partial charge in [-0.25, -0.2) is 0 Å². The molecule has 0 bridgehead atoms. The predicted molar refractivity (Wildman–Crippen MR) is 77.0 cm³/mol. The second-order valence-electron chi connectivity index (χ2n) is 4.95. The van der Waals surface area contributed by atoms with Crippen molar-refractivity contribution in [3.05, 3.63) is 23.8 Å². The van der Waals surface area contributed by atoms with Crippen LogP contribution in [0.2, 0.25) is 0 Å². The van der Waals surface area contributed by atoms with Gasteiger partial charge in [-0.05, 0) is 43.7 Å². The molecule has 0 aliphatic heterocycles. The Bertz CT molecular complexity index is 489. The second kappa shape index (κ2) is 7.31. The number of nitrogens with one attached hydrogen (secondary N) is 1. The highest BCUT2D eigenvalue weighted by Gasteiger charge is 2.31. The number of rotatable bonds is 6. The number of nitrogen functional groups attached to an aromatic ring is 1. The minimum Gasteiger partial charge on any atom is -0.399 e. The molecule has 0 spiro atoms. The number of nitrogens with zero attached hydrogens (tertiary/aromatic N) is 1. The number of benzene rings is 1. The molecule has 7 heteroatoms. The first kappa shape index (κ1) is 17.3. The Morgan fingerprint density at radius 1 is 1.38 bits per heavy atom. The van der Waals surface area contributed by atoms with E-state index in [0.717, 1.165) is 10.5 Å². The van der Waals surface area contributed by atoms with Gasteiger partial charge in [0, 0.05) is 11.4 Å². The van der Waals surface area contributed by atoms with E-state index in [9.17, 15) is 18.0 Å². The average Bonchev–Trinajstić information content (AvgIpc) is 2.31. The highest BCUT2D eigenvalue weighted by atomic mass is 19.4. The van der Waals surface area contributed by atoms with Crippen molar-refractivity contribution in [2.45, 2.75) is 26.4 Å². The molecule has 118 valence electrons. The molecule has 1 aromatic rings. The van der Waals surface area contributed by atoms with Gasteiger partial charge in [0.15, 0.2) is 0 Å². The Kier molecular flexibility index (Phi) is 6.02. The summed E-state index contributed by atoms with van der Waals surface area (Å²) in [6.07, 6.45) is -3.77. The van der Waals surface area contributed by atoms with Crippen molar-refractivity contribution in [1.29, 1.82) is 0 Å². The standard InChI is InChI=1S/C14H20F3N3O/c1-3-6-20(9-14(15,16)17)8-13(21)19-12-5-4-11(18)7-10(12)2/h4-5,7H,3,6,8-9,18H2,1-2H3,(H,19,21). The molecule has 3 N–H and O–H groups in total. The molecule has 4 nitrogen and oxygen atoms in total. The SMILES string of the molecule is CCCN(CC(=O)Nc1ccc(N)cc1C)CC(F)(F)F. The van der Waals surface area contributed by atoms with Crippen LogP contribution in [-0.2, 0) is 4.79 Å². The first-order chi connectivity index (χ1) is 9.71. The van der Waals surface area contributed by atoms with Gasteiger partial charge in [-0.2, -0.15) is 13.2 Å². The number of hydrogen-bond acceptors (Lipinski definition) is 3. The molecule has 0 fully saturated rings. The number of nitrogens with two attached hydrogens (primary N) is 1. The van der Waals surface area contributed by atoms with Crippen molar-refractivity contribution >= 4 is 17.3 Å². The lowest BCUT2D eigenvalue weighted by Crippen LogP contribution is -2.40. The van der Waals surface area contributed by atoms with Crippen LogP contribution in [0.1, 0.15) is 18.9 Å². The molecule has 1 aromatic carbocycles. The van der Waals surface area contributed by atoms with Gasteiger partial charge in [0.05, 0.1) is 13.1 Å². The van der Waals surface area contributed by atoms with Gasteiger partial charge < -0.3 is 11.1 Å². The summed E-state index contributed by atoms with van der Waals surface area (Å²) < 4.78 is 37.3. The van der Waals surface area contributed by atoms with Crippen LogP contribution in [0.3, 0.4) is 0 Å². The fourth-order valence-electron chi connectivity index (χ4n) is 2.00. The Morgan fingerprint density at radius 3 is 2.57 bits per heavy atom. The van der Waals surface area contributed by atoms with E-state index in [1.54, 1.807) is 32.0 Å². The van der Waals surface area contributed by atoms with Gasteiger partial charge in [-0.15, -0.1) is 0 Å². The van der Waals surface area contributed by atoms with Gasteiger partial charge in [0.2, 0.25) is 5.91 Å². The minimum atomic E-state index is -4.31. The number of amides is 1. The Balaban J connectivity index is 2.65. The van der Waals surface area contributed by atoms with Crippen molar-refractivity contribution in [2.75, 3.05) is 30.7 Å². The number of alkyl halides is 3. The fourth-order valence-corrected chi connectivity index (χ4v) is 2.00. The molecule has 21 heavy (non-hydrogen) atoms. The van der Waals surface area contributed by atoms with Crippen LogP contribution in [0.15, 0.2) is 18.2 Å². The topological polar surface area (TPSA) is 58.4 Å². The monoisotopic (exact) mass is 303 g/mol. The molecule has 0 heterocycles. The summed E-state index contributed by atoms with van der Waals surface area (Å²) in [5.74, 6) is -0.472. The molecular weight excluding hydrogens is 283 g/mol. The maximum absolute atomic E-state index is 12.4. The van der Waals surface area contributed by atoms with E-state index in [0.29, 0.717) is 17.8 Å². The molecule has 0 radical (unpaired) electrons. The van der Waals surface area contributed by atoms with Crippen molar-refractivity contribution in [2.24, 2.45) is 0 Å². The normalized spacial score (nSPS) is 11.7. The molecule has 0 atom stereocenters. The maximum Gasteiger partial charge on any atom is 0.401 e. The number of aryl methyl sites for hydroxylation is 1. The maximum atomic E-state index is 12.4. The lowest BCUT2D eigenvalue weighted by atomic mass is 10.2. The van der Waals surface area contributed by atoms with Crippen LogP contribution in [0.25, 0.3) is 0 Å². The Hall–Kier alpha value is -1.76. The highest BCUT2D eigenvalue weighted by molar-refractivity contribution is 5.93. The molecular formula is C14H20F3N3O. The zero-order valence-corrected chi connectivity index (χ0v) is 12.1. The van der Waals surface area contributed by atoms with E-state index >= 15 is 0 Å². The molecule has 0 aromatic heterocycles. The van der Waals surface area contributed by atoms with E-state index in [-0.39, 0.29) is 13.1 Å². The third kappa shape index (κ3) is 6.48. The van der Waals surface area contributed by atoms with Crippen molar-refractivity contribution in [3.63, 3.8) is 0 Å². The van der Waals surface area contributed by atoms with E-state index in [1.807, 2.05) is 0 Å². The Labute approximate surface area is 122 Å². The predicted octanol–water partition coefficient (Wildman–Crippen LogP) is 2.79. The van der Waals surface area contributed by atoms with Gasteiger partial charge in [0.25, 0.3) is 0 Å². The summed E-state index contributed by atoms with van der Waals surface area (Å²) in [7, 11) is 0. The van der Waals surface area contributed by atoms with Crippen LogP contribution >= 0.6 is 0 Å². The average molecular weight is 303 g/mol. The van der Waals surface area contributed by atoms with Crippen LogP contribution in [0, 0.1) is 6.92 Å². The lowest BCUT2D eigenvalue weighted by Gasteiger charge is -2.22. The van der Waals surface area contributed by atoms with Crippen molar-refractivity contribution in [3.8, 4) is 0 Å². The van der Waals surface area contributed by atoms with Gasteiger partial charge in [-0.1, -0.05) is 6.92 Å². The third-order valence-electron chi connectivity index (χ3n) is 2.83. The van der Waals surface area contributed by atoms with Crippen molar-refractivity contribution < 1.29 is 18.0 Å². The van der Waals surface area contributed by atoms with Crippen LogP contribution in [0.5, 0.6) is 0 Å². The summed E-state index contributed by atoms with van der Waals surface area (Å²) >= 11 is 0. The smallest absolute Gasteiger partial charge is 0.399 e. The summed E-state index contributed by atoms with van der Waals surface area (Å²) in [5, 5.41) is 2.61. The molecule has 0 saturated heterocycles. The summed E-state index contributed by atoms with van der Waals surface area (Å²) in [6, 6.07) is 4.95. The number of anilines is 2. The summed E-state index contributed by atoms with van der Waals surface area (Å²) in [5.41, 5.74) is 7.49. The second-order valence-corrected chi connectivity index (χ2v) is 4.95. The van der Waals surface area contributed by atoms with Crippen LogP contribution in [0.4, 0.5) is 24.5 Å². The van der Waals surface area contributed by atoms with Gasteiger partial charge in [-0.3, -0.25) is 9.69 Å². The molecule has 0 saturated carbocycles. The van der Waals surface area contributed by atoms with Gasteiger partial charge >= 0.3 is 6.18 Å². The summed E-state index contributed by atoms with van der Waals surface area (Å²) in [6.45, 7) is 2.37. The largest absolute Gasteiger partial charge is 0.401 e. The zero-order chi connectivity index (χ0) is 16.0. The van der Waals surface area contributed by atoms with E-state index in [1.165, 1.54) is 0 Å². The number of carbonyl (C=O) groups is 1. The fraction of sp³-hybridized carbons (Fsp3) is 0.500.